The van der Waals surface area contributed by atoms with E-state index in [0.717, 1.165) is 12.1 Å². The first-order chi connectivity index (χ1) is 14.1. The number of Topliss-reactive ketones (excluding diaryl/α,β-unsaturated/α-hetero) is 1. The molecule has 3 aromatic rings. The normalized spacial score (nSPS) is 11.4. The Labute approximate surface area is 168 Å². The third kappa shape index (κ3) is 4.19. The molecule has 0 bridgehead atoms. The number of benzene rings is 1. The number of esters is 1. The Kier molecular flexibility index (Phi) is 5.64. The minimum absolute atomic E-state index is 0.208. The number of alkyl halides is 3. The van der Waals surface area contributed by atoms with Crippen LogP contribution in [0.3, 0.4) is 0 Å². The van der Waals surface area contributed by atoms with Crippen LogP contribution >= 0.6 is 0 Å². The van der Waals surface area contributed by atoms with Gasteiger partial charge in [0, 0.05) is 28.8 Å². The van der Waals surface area contributed by atoms with E-state index in [9.17, 15) is 27.6 Å². The first-order valence-electron chi connectivity index (χ1n) is 8.84. The predicted octanol–water partition coefficient (Wildman–Crippen LogP) is 3.84. The molecule has 0 amide bonds. The maximum absolute atomic E-state index is 13.0. The topological polar surface area (TPSA) is 81.2 Å². The van der Waals surface area contributed by atoms with Crippen molar-refractivity contribution in [2.24, 2.45) is 0 Å². The number of aromatic nitrogens is 2. The van der Waals surface area contributed by atoms with Gasteiger partial charge in [-0.15, -0.1) is 0 Å². The second-order valence-corrected chi connectivity index (χ2v) is 6.58. The first-order valence-corrected chi connectivity index (χ1v) is 8.84. The second kappa shape index (κ2) is 8.02. The monoisotopic (exact) mass is 418 g/mol. The number of aromatic amines is 1. The third-order valence-corrected chi connectivity index (χ3v) is 4.54. The second-order valence-electron chi connectivity index (χ2n) is 6.58. The molecule has 0 spiro atoms. The van der Waals surface area contributed by atoms with Gasteiger partial charge in [0.15, 0.2) is 6.61 Å². The highest BCUT2D eigenvalue weighted by atomic mass is 19.4. The van der Waals surface area contributed by atoms with Gasteiger partial charge >= 0.3 is 12.1 Å². The third-order valence-electron chi connectivity index (χ3n) is 4.54. The van der Waals surface area contributed by atoms with Crippen molar-refractivity contribution in [1.82, 2.24) is 9.55 Å². The van der Waals surface area contributed by atoms with Crippen LogP contribution in [0.1, 0.15) is 37.7 Å². The largest absolute Gasteiger partial charge is 0.454 e. The molecule has 9 heteroatoms. The van der Waals surface area contributed by atoms with Gasteiger partial charge in [-0.2, -0.15) is 13.2 Å². The Morgan fingerprint density at radius 1 is 1.07 bits per heavy atom. The Bertz CT molecular complexity index is 1180. The lowest BCUT2D eigenvalue weighted by Gasteiger charge is -2.13. The number of aryl methyl sites for hydroxylation is 1. The summed E-state index contributed by atoms with van der Waals surface area (Å²) in [6.07, 6.45) is -3.14. The van der Waals surface area contributed by atoms with Crippen molar-refractivity contribution in [2.45, 2.75) is 20.0 Å². The van der Waals surface area contributed by atoms with Crippen LogP contribution in [0.5, 0.6) is 0 Å². The van der Waals surface area contributed by atoms with Crippen LogP contribution < -0.4 is 5.56 Å². The molecule has 0 saturated heterocycles. The number of halogens is 3. The summed E-state index contributed by atoms with van der Waals surface area (Å²) in [5, 5.41) is 0. The van der Waals surface area contributed by atoms with Crippen LogP contribution in [0, 0.1) is 13.8 Å². The van der Waals surface area contributed by atoms with E-state index in [1.807, 2.05) is 0 Å². The minimum Gasteiger partial charge on any atom is -0.454 e. The number of nitrogens with zero attached hydrogens (tertiary/aromatic N) is 1. The van der Waals surface area contributed by atoms with E-state index in [-0.39, 0.29) is 16.8 Å². The molecule has 0 atom stereocenters. The van der Waals surface area contributed by atoms with Crippen molar-refractivity contribution in [1.29, 1.82) is 0 Å². The number of ketones is 1. The number of nitrogens with one attached hydrogen (secondary N) is 1. The zero-order chi connectivity index (χ0) is 22.1. The van der Waals surface area contributed by atoms with E-state index in [1.165, 1.54) is 41.1 Å². The van der Waals surface area contributed by atoms with Gasteiger partial charge in [0.1, 0.15) is 5.56 Å². The fraction of sp³-hybridized carbons (Fsp3) is 0.190. The molecule has 3 rings (SSSR count). The molecule has 2 heterocycles. The summed E-state index contributed by atoms with van der Waals surface area (Å²) in [4.78, 5) is 38.5. The van der Waals surface area contributed by atoms with Crippen LogP contribution in [0.4, 0.5) is 13.2 Å². The van der Waals surface area contributed by atoms with Gasteiger partial charge in [-0.1, -0.05) is 6.07 Å². The highest BCUT2D eigenvalue weighted by Crippen LogP contribution is 2.31. The molecule has 0 radical (unpaired) electrons. The molecule has 2 aromatic heterocycles. The number of hydrogen-bond donors (Lipinski definition) is 1. The van der Waals surface area contributed by atoms with Gasteiger partial charge in [-0.05, 0) is 50.2 Å². The SMILES string of the molecule is Cc1cc(C(=O)COC(=O)c2ccc[nH]c2=O)c(C)n1-c1cccc(C(F)(F)F)c1. The summed E-state index contributed by atoms with van der Waals surface area (Å²) >= 11 is 0. The minimum atomic E-state index is -4.49. The van der Waals surface area contributed by atoms with Crippen molar-refractivity contribution in [2.75, 3.05) is 6.61 Å². The van der Waals surface area contributed by atoms with Crippen molar-refractivity contribution in [3.05, 3.63) is 87.1 Å². The molecule has 30 heavy (non-hydrogen) atoms. The number of ether oxygens (including phenoxy) is 1. The first kappa shape index (κ1) is 21.1. The lowest BCUT2D eigenvalue weighted by Crippen LogP contribution is -2.21. The van der Waals surface area contributed by atoms with Crippen LogP contribution in [-0.2, 0) is 10.9 Å². The van der Waals surface area contributed by atoms with Crippen LogP contribution in [0.15, 0.2) is 53.5 Å². The lowest BCUT2D eigenvalue weighted by molar-refractivity contribution is -0.137. The summed E-state index contributed by atoms with van der Waals surface area (Å²) in [5.74, 6) is -1.49. The van der Waals surface area contributed by atoms with Crippen molar-refractivity contribution in [3.63, 3.8) is 0 Å². The van der Waals surface area contributed by atoms with E-state index in [0.29, 0.717) is 11.4 Å². The Morgan fingerprint density at radius 3 is 2.47 bits per heavy atom. The average Bonchev–Trinajstić information content (AvgIpc) is 3.00. The summed E-state index contributed by atoms with van der Waals surface area (Å²) < 4.78 is 45.5. The number of pyridine rings is 1. The molecule has 0 unspecified atom stereocenters. The summed E-state index contributed by atoms with van der Waals surface area (Å²) in [5.41, 5.74) is -0.266. The summed E-state index contributed by atoms with van der Waals surface area (Å²) in [7, 11) is 0. The fourth-order valence-corrected chi connectivity index (χ4v) is 3.13. The number of carbonyl (C=O) groups is 2. The molecule has 0 aliphatic carbocycles. The predicted molar refractivity (Wildman–Crippen MR) is 102 cm³/mol. The van der Waals surface area contributed by atoms with Gasteiger partial charge in [-0.3, -0.25) is 9.59 Å². The molecule has 0 saturated carbocycles. The molecule has 0 aliphatic heterocycles. The maximum atomic E-state index is 13.0. The van der Waals surface area contributed by atoms with Gasteiger partial charge in [0.05, 0.1) is 5.56 Å². The maximum Gasteiger partial charge on any atom is 0.416 e. The summed E-state index contributed by atoms with van der Waals surface area (Å²) in [6.45, 7) is 2.63. The zero-order valence-corrected chi connectivity index (χ0v) is 16.0. The Morgan fingerprint density at radius 2 is 1.80 bits per heavy atom. The molecule has 156 valence electrons. The number of carbonyl (C=O) groups excluding carboxylic acids is 2. The van der Waals surface area contributed by atoms with E-state index < -0.39 is 35.7 Å². The smallest absolute Gasteiger partial charge is 0.416 e. The number of hydrogen-bond acceptors (Lipinski definition) is 4. The molecule has 0 aliphatic rings. The van der Waals surface area contributed by atoms with Gasteiger partial charge < -0.3 is 14.3 Å². The molecule has 6 nitrogen and oxygen atoms in total. The van der Waals surface area contributed by atoms with E-state index in [2.05, 4.69) is 4.98 Å². The summed E-state index contributed by atoms with van der Waals surface area (Å²) in [6, 6.07) is 8.99. The fourth-order valence-electron chi connectivity index (χ4n) is 3.13. The highest BCUT2D eigenvalue weighted by Gasteiger charge is 2.31. The Balaban J connectivity index is 1.83. The average molecular weight is 418 g/mol. The van der Waals surface area contributed by atoms with Crippen LogP contribution in [-0.4, -0.2) is 27.9 Å². The van der Waals surface area contributed by atoms with E-state index >= 15 is 0 Å². The Hall–Kier alpha value is -3.62. The van der Waals surface area contributed by atoms with Crippen molar-refractivity contribution < 1.29 is 27.5 Å². The molecule has 1 aromatic carbocycles. The molecule has 1 N–H and O–H groups in total. The van der Waals surface area contributed by atoms with Crippen LogP contribution in [0.2, 0.25) is 0 Å². The molecule has 0 fully saturated rings. The van der Waals surface area contributed by atoms with E-state index in [4.69, 9.17) is 4.74 Å². The van der Waals surface area contributed by atoms with Gasteiger partial charge in [0.2, 0.25) is 5.78 Å². The molecular weight excluding hydrogens is 401 g/mol. The van der Waals surface area contributed by atoms with Crippen molar-refractivity contribution in [3.8, 4) is 5.69 Å². The van der Waals surface area contributed by atoms with Gasteiger partial charge in [-0.25, -0.2) is 4.79 Å². The lowest BCUT2D eigenvalue weighted by atomic mass is 10.1. The number of rotatable bonds is 5. The standard InChI is InChI=1S/C21H17F3N2O4/c1-12-9-17(18(27)11-30-20(29)16-7-4-8-25-19(16)28)13(2)26(12)15-6-3-5-14(10-15)21(22,23)24/h3-10H,11H2,1-2H3,(H,25,28). The van der Waals surface area contributed by atoms with E-state index in [1.54, 1.807) is 13.8 Å². The van der Waals surface area contributed by atoms with Crippen molar-refractivity contribution >= 4 is 11.8 Å². The zero-order valence-electron chi connectivity index (χ0n) is 16.0. The molecular formula is C21H17F3N2O4. The quantitative estimate of drug-likeness (QED) is 0.504. The van der Waals surface area contributed by atoms with Crippen LogP contribution in [0.25, 0.3) is 5.69 Å². The number of H-pyrrole nitrogens is 1. The van der Waals surface area contributed by atoms with Gasteiger partial charge in [0.25, 0.3) is 5.56 Å². The highest BCUT2D eigenvalue weighted by molar-refractivity contribution is 6.00.